The van der Waals surface area contributed by atoms with Gasteiger partial charge in [-0.1, -0.05) is 12.1 Å². The van der Waals surface area contributed by atoms with Crippen molar-refractivity contribution in [1.29, 1.82) is 0 Å². The van der Waals surface area contributed by atoms with Crippen molar-refractivity contribution >= 4 is 43.9 Å². The third-order valence-corrected chi connectivity index (χ3v) is 6.70. The minimum absolute atomic E-state index is 0.235. The fourth-order valence-corrected chi connectivity index (χ4v) is 4.37. The molecule has 1 aliphatic rings. The average Bonchev–Trinajstić information content (AvgIpc) is 2.98. The molecule has 11 heteroatoms. The lowest BCUT2D eigenvalue weighted by Gasteiger charge is -2.25. The first-order valence-electron chi connectivity index (χ1n) is 9.97. The molecule has 0 spiro atoms. The van der Waals surface area contributed by atoms with Crippen LogP contribution in [0.1, 0.15) is 25.5 Å². The number of aromatic nitrogens is 3. The number of hydrogen-bond acceptors (Lipinski definition) is 7. The second-order valence-electron chi connectivity index (χ2n) is 7.66. The first-order valence-corrected chi connectivity index (χ1v) is 11.8. The molecule has 1 aliphatic heterocycles. The summed E-state index contributed by atoms with van der Waals surface area (Å²) in [6, 6.07) is 8.53. The van der Waals surface area contributed by atoms with Crippen LogP contribution in [0.15, 0.2) is 35.1 Å². The predicted molar refractivity (Wildman–Crippen MR) is 121 cm³/mol. The van der Waals surface area contributed by atoms with Gasteiger partial charge in [0.15, 0.2) is 11.9 Å². The fourth-order valence-electron chi connectivity index (χ4n) is 3.85. The Labute approximate surface area is 180 Å². The van der Waals surface area contributed by atoms with Gasteiger partial charge in [0.25, 0.3) is 5.56 Å². The van der Waals surface area contributed by atoms with Crippen LogP contribution >= 0.6 is 0 Å². The van der Waals surface area contributed by atoms with E-state index in [1.807, 2.05) is 0 Å². The zero-order valence-corrected chi connectivity index (χ0v) is 18.5. The van der Waals surface area contributed by atoms with Crippen molar-refractivity contribution < 1.29 is 13.2 Å². The highest BCUT2D eigenvalue weighted by Crippen LogP contribution is 2.33. The second-order valence-corrected chi connectivity index (χ2v) is 9.67. The molecule has 166 valence electrons. The molecule has 1 atom stereocenters. The predicted octanol–water partition coefficient (Wildman–Crippen LogP) is 2.16. The fraction of sp³-hybridized carbons (Fsp3) is 0.400. The van der Waals surface area contributed by atoms with E-state index in [-0.39, 0.29) is 17.6 Å². The number of pyridine rings is 1. The van der Waals surface area contributed by atoms with Gasteiger partial charge in [0, 0.05) is 26.8 Å². The Morgan fingerprint density at radius 1 is 1.26 bits per heavy atom. The number of benzene rings is 1. The number of anilines is 4. The standard InChI is InChI=1S/C20H26N6O4S/c1-24-20(27)18-14(22-13-8-4-5-9-15(13)25(2)31(3,28)29)12-16(21)23-19(18)26(24)17-10-6-7-11-30-17/h4-5,8-9,12,17H,6-7,10-11H2,1-3H3,(H3,21,22,23). The molecule has 1 fully saturated rings. The van der Waals surface area contributed by atoms with E-state index in [0.717, 1.165) is 25.5 Å². The van der Waals surface area contributed by atoms with Crippen LogP contribution in [0.2, 0.25) is 0 Å². The number of nitrogens with one attached hydrogen (secondary N) is 1. The average molecular weight is 447 g/mol. The molecular formula is C20H26N6O4S. The molecule has 0 saturated carbocycles. The minimum atomic E-state index is -3.48. The summed E-state index contributed by atoms with van der Waals surface area (Å²) in [5.41, 5.74) is 7.68. The van der Waals surface area contributed by atoms with E-state index in [4.69, 9.17) is 10.5 Å². The van der Waals surface area contributed by atoms with E-state index in [2.05, 4.69) is 10.3 Å². The quantitative estimate of drug-likeness (QED) is 0.615. The van der Waals surface area contributed by atoms with E-state index in [0.29, 0.717) is 34.7 Å². The zero-order valence-electron chi connectivity index (χ0n) is 17.7. The molecule has 3 N–H and O–H groups in total. The smallest absolute Gasteiger partial charge is 0.278 e. The van der Waals surface area contributed by atoms with Gasteiger partial charge in [-0.15, -0.1) is 0 Å². The van der Waals surface area contributed by atoms with Crippen LogP contribution in [-0.4, -0.2) is 42.7 Å². The number of nitrogens with zero attached hydrogens (tertiary/aromatic N) is 4. The third kappa shape index (κ3) is 3.86. The summed E-state index contributed by atoms with van der Waals surface area (Å²) in [6.45, 7) is 0.622. The van der Waals surface area contributed by atoms with Crippen molar-refractivity contribution in [3.05, 3.63) is 40.7 Å². The largest absolute Gasteiger partial charge is 0.384 e. The van der Waals surface area contributed by atoms with Crippen LogP contribution in [0.5, 0.6) is 0 Å². The van der Waals surface area contributed by atoms with E-state index < -0.39 is 10.0 Å². The molecule has 0 bridgehead atoms. The minimum Gasteiger partial charge on any atom is -0.384 e. The molecule has 0 radical (unpaired) electrons. The van der Waals surface area contributed by atoms with E-state index in [1.54, 1.807) is 42.1 Å². The first kappa shape index (κ1) is 21.2. The maximum atomic E-state index is 13.2. The van der Waals surface area contributed by atoms with Crippen molar-refractivity contribution in [3.8, 4) is 0 Å². The van der Waals surface area contributed by atoms with E-state index in [9.17, 15) is 13.2 Å². The highest BCUT2D eigenvalue weighted by atomic mass is 32.2. The van der Waals surface area contributed by atoms with Gasteiger partial charge in [0.1, 0.15) is 11.2 Å². The van der Waals surface area contributed by atoms with Gasteiger partial charge >= 0.3 is 0 Å². The zero-order chi connectivity index (χ0) is 22.3. The van der Waals surface area contributed by atoms with Crippen molar-refractivity contribution in [2.24, 2.45) is 7.05 Å². The first-order chi connectivity index (χ1) is 14.7. The lowest BCUT2D eigenvalue weighted by molar-refractivity contribution is -0.0431. The second kappa shape index (κ2) is 7.89. The van der Waals surface area contributed by atoms with E-state index >= 15 is 0 Å². The normalized spacial score (nSPS) is 17.1. The molecule has 31 heavy (non-hydrogen) atoms. The number of rotatable bonds is 5. The molecule has 0 aliphatic carbocycles. The molecule has 4 rings (SSSR count). The Bertz CT molecular complexity index is 1290. The highest BCUT2D eigenvalue weighted by molar-refractivity contribution is 7.92. The summed E-state index contributed by atoms with van der Waals surface area (Å²) < 4.78 is 34.4. The van der Waals surface area contributed by atoms with Crippen molar-refractivity contribution in [1.82, 2.24) is 14.3 Å². The summed E-state index contributed by atoms with van der Waals surface area (Å²) in [5.74, 6) is 0.235. The van der Waals surface area contributed by atoms with E-state index in [1.165, 1.54) is 16.0 Å². The van der Waals surface area contributed by atoms with Crippen LogP contribution in [-0.2, 0) is 21.8 Å². The molecule has 0 amide bonds. The SMILES string of the molecule is CN(c1ccccc1Nc1cc(N)nc2c1c(=O)n(C)n2C1CCCCO1)S(C)(=O)=O. The van der Waals surface area contributed by atoms with Crippen molar-refractivity contribution in [2.75, 3.05) is 35.3 Å². The van der Waals surface area contributed by atoms with Gasteiger partial charge in [-0.3, -0.25) is 9.10 Å². The van der Waals surface area contributed by atoms with Crippen molar-refractivity contribution in [3.63, 3.8) is 0 Å². The Morgan fingerprint density at radius 2 is 2.00 bits per heavy atom. The van der Waals surface area contributed by atoms with Gasteiger partial charge in [0.2, 0.25) is 10.0 Å². The maximum absolute atomic E-state index is 13.2. The Hall–Kier alpha value is -3.05. The molecule has 2 aromatic heterocycles. The highest BCUT2D eigenvalue weighted by Gasteiger charge is 2.25. The molecule has 1 saturated heterocycles. The van der Waals surface area contributed by atoms with Gasteiger partial charge in [-0.2, -0.15) is 0 Å². The Morgan fingerprint density at radius 3 is 2.68 bits per heavy atom. The van der Waals surface area contributed by atoms with Crippen LogP contribution < -0.4 is 20.9 Å². The molecule has 10 nitrogen and oxygen atoms in total. The number of sulfonamides is 1. The third-order valence-electron chi connectivity index (χ3n) is 5.51. The number of fused-ring (bicyclic) bond motifs is 1. The van der Waals surface area contributed by atoms with Crippen LogP contribution in [0.25, 0.3) is 11.0 Å². The van der Waals surface area contributed by atoms with Gasteiger partial charge in [0.05, 0.1) is 23.3 Å². The lowest BCUT2D eigenvalue weighted by atomic mass is 10.2. The van der Waals surface area contributed by atoms with Crippen LogP contribution in [0.4, 0.5) is 22.9 Å². The lowest BCUT2D eigenvalue weighted by Crippen LogP contribution is -2.27. The number of nitrogens with two attached hydrogens (primary N) is 1. The Balaban J connectivity index is 1.87. The summed E-state index contributed by atoms with van der Waals surface area (Å²) in [7, 11) is -0.328. The van der Waals surface area contributed by atoms with Crippen molar-refractivity contribution in [2.45, 2.75) is 25.5 Å². The number of hydrogen-bond donors (Lipinski definition) is 2. The molecular weight excluding hydrogens is 420 g/mol. The topological polar surface area (TPSA) is 124 Å². The van der Waals surface area contributed by atoms with Crippen LogP contribution in [0.3, 0.4) is 0 Å². The summed E-state index contributed by atoms with van der Waals surface area (Å²) >= 11 is 0. The number of ether oxygens (including phenoxy) is 1. The van der Waals surface area contributed by atoms with Gasteiger partial charge in [-0.05, 0) is 31.4 Å². The Kier molecular flexibility index (Phi) is 5.40. The summed E-state index contributed by atoms with van der Waals surface area (Å²) in [6.07, 6.45) is 3.59. The summed E-state index contributed by atoms with van der Waals surface area (Å²) in [4.78, 5) is 17.6. The monoisotopic (exact) mass is 446 g/mol. The molecule has 1 aromatic carbocycles. The molecule has 3 heterocycles. The number of nitrogen functional groups attached to an aromatic ring is 1. The maximum Gasteiger partial charge on any atom is 0.278 e. The summed E-state index contributed by atoms with van der Waals surface area (Å²) in [5, 5.41) is 3.56. The van der Waals surface area contributed by atoms with Gasteiger partial charge < -0.3 is 15.8 Å². The van der Waals surface area contributed by atoms with Gasteiger partial charge in [-0.25, -0.2) is 22.8 Å². The molecule has 3 aromatic rings. The number of para-hydroxylation sites is 2. The van der Waals surface area contributed by atoms with Crippen LogP contribution in [0, 0.1) is 0 Å². The molecule has 1 unspecified atom stereocenters.